The van der Waals surface area contributed by atoms with Gasteiger partial charge in [-0.3, -0.25) is 14.7 Å². The van der Waals surface area contributed by atoms with Crippen LogP contribution >= 0.6 is 0 Å². The van der Waals surface area contributed by atoms with Gasteiger partial charge < -0.3 is 9.80 Å². The molecule has 3 heterocycles. The Bertz CT molecular complexity index is 769. The summed E-state index contributed by atoms with van der Waals surface area (Å²) in [6.45, 7) is 3.21. The Morgan fingerprint density at radius 1 is 1.39 bits per heavy atom. The highest BCUT2D eigenvalue weighted by Crippen LogP contribution is 2.33. The summed E-state index contributed by atoms with van der Waals surface area (Å²) >= 11 is 0. The summed E-state index contributed by atoms with van der Waals surface area (Å²) in [6, 6.07) is 6.06. The third kappa shape index (κ3) is 2.21. The molecule has 1 saturated heterocycles. The Morgan fingerprint density at radius 3 is 3.04 bits per heavy atom. The Morgan fingerprint density at radius 2 is 2.26 bits per heavy atom. The fraction of sp³-hybridized carbons (Fsp3) is 0.353. The van der Waals surface area contributed by atoms with Gasteiger partial charge in [0.1, 0.15) is 0 Å². The van der Waals surface area contributed by atoms with Crippen LogP contribution < -0.4 is 9.80 Å². The lowest BCUT2D eigenvalue weighted by Crippen LogP contribution is -2.36. The second kappa shape index (κ2) is 5.22. The lowest BCUT2D eigenvalue weighted by Gasteiger charge is -2.21. The van der Waals surface area contributed by atoms with Gasteiger partial charge in [0.05, 0.1) is 17.8 Å². The Balaban J connectivity index is 1.56. The van der Waals surface area contributed by atoms with E-state index in [-0.39, 0.29) is 24.2 Å². The molecule has 1 aromatic heterocycles. The third-order valence-corrected chi connectivity index (χ3v) is 4.80. The molecule has 6 nitrogen and oxygen atoms in total. The van der Waals surface area contributed by atoms with Crippen molar-refractivity contribution in [3.05, 3.63) is 41.7 Å². The van der Waals surface area contributed by atoms with E-state index in [1.165, 1.54) is 11.1 Å². The van der Waals surface area contributed by atoms with E-state index in [4.69, 9.17) is 0 Å². The molecule has 1 N–H and O–H groups in total. The van der Waals surface area contributed by atoms with Gasteiger partial charge in [0, 0.05) is 31.4 Å². The average Bonchev–Trinajstić information content (AvgIpc) is 3.25. The van der Waals surface area contributed by atoms with Crippen LogP contribution in [0.3, 0.4) is 0 Å². The van der Waals surface area contributed by atoms with E-state index in [1.54, 1.807) is 17.3 Å². The molecule has 1 aromatic carbocycles. The van der Waals surface area contributed by atoms with E-state index in [9.17, 15) is 9.59 Å². The number of carbonyl (C=O) groups excluding carboxylic acids is 2. The molecule has 0 unspecified atom stereocenters. The number of hydrogen-bond acceptors (Lipinski definition) is 3. The van der Waals surface area contributed by atoms with Crippen molar-refractivity contribution in [3.63, 3.8) is 0 Å². The quantitative estimate of drug-likeness (QED) is 0.917. The number of nitrogens with one attached hydrogen (secondary N) is 1. The van der Waals surface area contributed by atoms with Crippen LogP contribution in [0, 0.1) is 12.8 Å². The van der Waals surface area contributed by atoms with Crippen LogP contribution in [-0.2, 0) is 16.0 Å². The van der Waals surface area contributed by atoms with Crippen molar-refractivity contribution in [3.8, 4) is 0 Å². The number of H-pyrrole nitrogens is 1. The molecule has 0 saturated carbocycles. The highest BCUT2D eigenvalue weighted by atomic mass is 16.2. The van der Waals surface area contributed by atoms with Crippen LogP contribution in [0.15, 0.2) is 30.6 Å². The Labute approximate surface area is 134 Å². The zero-order valence-corrected chi connectivity index (χ0v) is 13.0. The topological polar surface area (TPSA) is 69.3 Å². The van der Waals surface area contributed by atoms with Gasteiger partial charge in [-0.1, -0.05) is 12.1 Å². The van der Waals surface area contributed by atoms with Crippen LogP contribution in [0.1, 0.15) is 17.5 Å². The van der Waals surface area contributed by atoms with Crippen LogP contribution in [0.2, 0.25) is 0 Å². The van der Waals surface area contributed by atoms with Gasteiger partial charge in [0.2, 0.25) is 11.8 Å². The standard InChI is InChI=1S/C17H18N4O2/c1-11-3-2-4-15-14(11)5-6-20(15)17(23)12-7-16(22)21(10-12)13-8-18-19-9-13/h2-4,8-9,12H,5-7,10H2,1H3,(H,18,19)/t12-/m1/s1. The minimum absolute atomic E-state index is 0.0200. The second-order valence-electron chi connectivity index (χ2n) is 6.17. The minimum atomic E-state index is -0.288. The molecule has 2 aromatic rings. The van der Waals surface area contributed by atoms with E-state index in [1.807, 2.05) is 17.0 Å². The summed E-state index contributed by atoms with van der Waals surface area (Å²) in [4.78, 5) is 28.6. The van der Waals surface area contributed by atoms with Gasteiger partial charge in [-0.2, -0.15) is 5.10 Å². The summed E-state index contributed by atoms with van der Waals surface area (Å²) in [6.07, 6.45) is 4.44. The normalized spacial score (nSPS) is 20.2. The van der Waals surface area contributed by atoms with Gasteiger partial charge in [0.15, 0.2) is 0 Å². The molecule has 2 aliphatic rings. The number of anilines is 2. The molecule has 1 fully saturated rings. The van der Waals surface area contributed by atoms with E-state index in [2.05, 4.69) is 23.2 Å². The third-order valence-electron chi connectivity index (χ3n) is 4.80. The second-order valence-corrected chi connectivity index (χ2v) is 6.17. The molecule has 0 radical (unpaired) electrons. The first-order chi connectivity index (χ1) is 11.1. The number of aromatic nitrogens is 2. The lowest BCUT2D eigenvalue weighted by atomic mass is 10.1. The molecule has 4 rings (SSSR count). The van der Waals surface area contributed by atoms with Crippen molar-refractivity contribution in [1.29, 1.82) is 0 Å². The number of amides is 2. The highest BCUT2D eigenvalue weighted by Gasteiger charge is 2.39. The van der Waals surface area contributed by atoms with Gasteiger partial charge in [0.25, 0.3) is 0 Å². The molecule has 0 aliphatic carbocycles. The molecule has 2 amide bonds. The van der Waals surface area contributed by atoms with Crippen LogP contribution in [-0.4, -0.2) is 35.1 Å². The zero-order chi connectivity index (χ0) is 16.0. The summed E-state index contributed by atoms with van der Waals surface area (Å²) < 4.78 is 0. The maximum atomic E-state index is 12.9. The number of carbonyl (C=O) groups is 2. The fourth-order valence-electron chi connectivity index (χ4n) is 3.57. The summed E-state index contributed by atoms with van der Waals surface area (Å²) in [5.74, 6) is -0.258. The Hall–Kier alpha value is -2.63. The van der Waals surface area contributed by atoms with Gasteiger partial charge in [-0.05, 0) is 30.5 Å². The minimum Gasteiger partial charge on any atom is -0.311 e. The predicted octanol–water partition coefficient (Wildman–Crippen LogP) is 1.66. The van der Waals surface area contributed by atoms with Crippen LogP contribution in [0.25, 0.3) is 0 Å². The molecule has 6 heteroatoms. The maximum absolute atomic E-state index is 12.9. The van der Waals surface area contributed by atoms with Crippen molar-refractivity contribution in [2.24, 2.45) is 5.92 Å². The van der Waals surface area contributed by atoms with Gasteiger partial charge >= 0.3 is 0 Å². The van der Waals surface area contributed by atoms with Crippen molar-refractivity contribution in [2.45, 2.75) is 19.8 Å². The number of fused-ring (bicyclic) bond motifs is 1. The summed E-state index contributed by atoms with van der Waals surface area (Å²) in [5, 5.41) is 6.58. The smallest absolute Gasteiger partial charge is 0.232 e. The molecular formula is C17H18N4O2. The van der Waals surface area contributed by atoms with Gasteiger partial charge in [-0.15, -0.1) is 0 Å². The molecule has 0 bridgehead atoms. The maximum Gasteiger partial charge on any atom is 0.232 e. The molecular weight excluding hydrogens is 292 g/mol. The monoisotopic (exact) mass is 310 g/mol. The number of benzene rings is 1. The molecule has 1 atom stereocenters. The first kappa shape index (κ1) is 14.0. The summed E-state index contributed by atoms with van der Waals surface area (Å²) in [7, 11) is 0. The van der Waals surface area contributed by atoms with Crippen molar-refractivity contribution in [2.75, 3.05) is 22.9 Å². The fourth-order valence-corrected chi connectivity index (χ4v) is 3.57. The molecule has 0 spiro atoms. The molecule has 23 heavy (non-hydrogen) atoms. The summed E-state index contributed by atoms with van der Waals surface area (Å²) in [5.41, 5.74) is 4.20. The number of nitrogens with zero attached hydrogens (tertiary/aromatic N) is 3. The van der Waals surface area contributed by atoms with E-state index >= 15 is 0 Å². The number of aromatic amines is 1. The number of rotatable bonds is 2. The predicted molar refractivity (Wildman–Crippen MR) is 86.3 cm³/mol. The Kier molecular flexibility index (Phi) is 3.18. The first-order valence-corrected chi connectivity index (χ1v) is 7.84. The van der Waals surface area contributed by atoms with Crippen molar-refractivity contribution >= 4 is 23.2 Å². The largest absolute Gasteiger partial charge is 0.311 e. The van der Waals surface area contributed by atoms with Crippen LogP contribution in [0.4, 0.5) is 11.4 Å². The average molecular weight is 310 g/mol. The zero-order valence-electron chi connectivity index (χ0n) is 13.0. The van der Waals surface area contributed by atoms with E-state index in [0.717, 1.165) is 17.8 Å². The van der Waals surface area contributed by atoms with Crippen molar-refractivity contribution in [1.82, 2.24) is 10.2 Å². The number of hydrogen-bond donors (Lipinski definition) is 1. The van der Waals surface area contributed by atoms with E-state index in [0.29, 0.717) is 13.1 Å². The lowest BCUT2D eigenvalue weighted by molar-refractivity contribution is -0.124. The van der Waals surface area contributed by atoms with Gasteiger partial charge in [-0.25, -0.2) is 0 Å². The molecule has 2 aliphatic heterocycles. The van der Waals surface area contributed by atoms with Crippen molar-refractivity contribution < 1.29 is 9.59 Å². The van der Waals surface area contributed by atoms with E-state index < -0.39 is 0 Å². The first-order valence-electron chi connectivity index (χ1n) is 7.84. The molecule has 118 valence electrons. The van der Waals surface area contributed by atoms with Crippen LogP contribution in [0.5, 0.6) is 0 Å². The SMILES string of the molecule is Cc1cccc2c1CCN2C(=O)[C@@H]1CC(=O)N(c2cn[nH]c2)C1. The number of aryl methyl sites for hydroxylation is 1. The highest BCUT2D eigenvalue weighted by molar-refractivity contribution is 6.05.